The summed E-state index contributed by atoms with van der Waals surface area (Å²) < 4.78 is 0. The Bertz CT molecular complexity index is 185. The Morgan fingerprint density at radius 2 is 2.00 bits per heavy atom. The molecule has 0 radical (unpaired) electrons. The molecule has 0 amide bonds. The van der Waals surface area contributed by atoms with Crippen LogP contribution in [0.15, 0.2) is 0 Å². The second-order valence-corrected chi connectivity index (χ2v) is 4.89. The lowest BCUT2D eigenvalue weighted by Gasteiger charge is -2.44. The van der Waals surface area contributed by atoms with E-state index in [4.69, 9.17) is 0 Å². The van der Waals surface area contributed by atoms with Crippen molar-refractivity contribution < 1.29 is 0 Å². The van der Waals surface area contributed by atoms with Crippen LogP contribution in [0.2, 0.25) is 0 Å². The zero-order valence-corrected chi connectivity index (χ0v) is 8.00. The van der Waals surface area contributed by atoms with Gasteiger partial charge in [-0.15, -0.1) is 0 Å². The first-order chi connectivity index (χ1) is 5.90. The predicted octanol–water partition coefficient (Wildman–Crippen LogP) is 2.13. The smallest absolute Gasteiger partial charge is 0.0129 e. The van der Waals surface area contributed by atoms with Crippen LogP contribution in [-0.4, -0.2) is 24.0 Å². The fraction of sp³-hybridized carbons (Fsp3) is 1.00. The highest BCUT2D eigenvalue weighted by Crippen LogP contribution is 2.55. The van der Waals surface area contributed by atoms with E-state index >= 15 is 0 Å². The van der Waals surface area contributed by atoms with E-state index in [9.17, 15) is 0 Å². The molecule has 1 nitrogen and oxygen atoms in total. The number of hydrogen-bond donors (Lipinski definition) is 0. The molecule has 3 aliphatic rings. The molecule has 2 saturated carbocycles. The van der Waals surface area contributed by atoms with E-state index in [2.05, 4.69) is 11.8 Å². The van der Waals surface area contributed by atoms with E-state index in [-0.39, 0.29) is 0 Å². The zero-order valence-electron chi connectivity index (χ0n) is 8.00. The molecule has 3 atom stereocenters. The highest BCUT2D eigenvalue weighted by atomic mass is 15.2. The van der Waals surface area contributed by atoms with Crippen LogP contribution in [0.25, 0.3) is 0 Å². The molecular formula is C11H19N. The monoisotopic (exact) mass is 165 g/mol. The number of fused-ring (bicyclic) bond motifs is 1. The molecule has 3 rings (SSSR count). The summed E-state index contributed by atoms with van der Waals surface area (Å²) in [5, 5.41) is 0. The molecule has 68 valence electrons. The predicted molar refractivity (Wildman–Crippen MR) is 50.0 cm³/mol. The summed E-state index contributed by atoms with van der Waals surface area (Å²) in [6, 6.07) is 1.01. The molecule has 1 saturated heterocycles. The first-order valence-corrected chi connectivity index (χ1v) is 5.64. The summed E-state index contributed by atoms with van der Waals surface area (Å²) in [6.07, 6.45) is 6.17. The first kappa shape index (κ1) is 7.37. The van der Waals surface area contributed by atoms with Gasteiger partial charge in [0.1, 0.15) is 0 Å². The van der Waals surface area contributed by atoms with Gasteiger partial charge in [-0.3, -0.25) is 0 Å². The quantitative estimate of drug-likeness (QED) is 0.606. The van der Waals surface area contributed by atoms with Crippen molar-refractivity contribution in [3.63, 3.8) is 0 Å². The molecule has 3 unspecified atom stereocenters. The molecule has 0 aromatic rings. The average Bonchev–Trinajstić information content (AvgIpc) is 2.78. The van der Waals surface area contributed by atoms with Gasteiger partial charge in [0.25, 0.3) is 0 Å². The Labute approximate surface area is 75.1 Å². The Hall–Kier alpha value is -0.0400. The van der Waals surface area contributed by atoms with Crippen LogP contribution < -0.4 is 0 Å². The third kappa shape index (κ3) is 0.891. The Morgan fingerprint density at radius 3 is 2.67 bits per heavy atom. The van der Waals surface area contributed by atoms with Crippen LogP contribution in [0.1, 0.15) is 32.6 Å². The van der Waals surface area contributed by atoms with Crippen molar-refractivity contribution in [3.05, 3.63) is 0 Å². The Kier molecular flexibility index (Phi) is 1.52. The molecule has 1 heterocycles. The molecule has 12 heavy (non-hydrogen) atoms. The minimum absolute atomic E-state index is 1.01. The maximum atomic E-state index is 2.70. The van der Waals surface area contributed by atoms with Crippen LogP contribution in [0.4, 0.5) is 0 Å². The maximum Gasteiger partial charge on any atom is 0.0129 e. The summed E-state index contributed by atoms with van der Waals surface area (Å²) in [6.45, 7) is 5.00. The molecular weight excluding hydrogens is 146 g/mol. The summed E-state index contributed by atoms with van der Waals surface area (Å²) in [5.41, 5.74) is 0. The molecule has 0 aromatic heterocycles. The number of likely N-dealkylation sites (tertiary alicyclic amines) is 1. The summed E-state index contributed by atoms with van der Waals surface area (Å²) in [7, 11) is 0. The van der Waals surface area contributed by atoms with Crippen molar-refractivity contribution in [1.82, 2.24) is 4.90 Å². The Balaban J connectivity index is 1.65. The van der Waals surface area contributed by atoms with E-state index in [1.165, 1.54) is 25.4 Å². The van der Waals surface area contributed by atoms with Gasteiger partial charge < -0.3 is 4.90 Å². The van der Waals surface area contributed by atoms with Gasteiger partial charge in [0.2, 0.25) is 0 Å². The van der Waals surface area contributed by atoms with Crippen molar-refractivity contribution in [1.29, 1.82) is 0 Å². The van der Waals surface area contributed by atoms with Gasteiger partial charge in [0, 0.05) is 6.04 Å². The summed E-state index contributed by atoms with van der Waals surface area (Å²) in [4.78, 5) is 2.70. The lowest BCUT2D eigenvalue weighted by molar-refractivity contribution is 0.0595. The van der Waals surface area contributed by atoms with Gasteiger partial charge in [-0.2, -0.15) is 0 Å². The average molecular weight is 165 g/mol. The molecule has 0 bridgehead atoms. The molecule has 2 aliphatic carbocycles. The van der Waals surface area contributed by atoms with Crippen molar-refractivity contribution in [3.8, 4) is 0 Å². The summed E-state index contributed by atoms with van der Waals surface area (Å²) >= 11 is 0. The third-order valence-electron chi connectivity index (χ3n) is 4.41. The van der Waals surface area contributed by atoms with Crippen LogP contribution >= 0.6 is 0 Å². The normalized spacial score (nSPS) is 47.2. The lowest BCUT2D eigenvalue weighted by atomic mass is 9.67. The van der Waals surface area contributed by atoms with Crippen LogP contribution in [-0.2, 0) is 0 Å². The topological polar surface area (TPSA) is 3.24 Å². The van der Waals surface area contributed by atoms with Gasteiger partial charge in [-0.05, 0) is 56.5 Å². The molecule has 3 fully saturated rings. The maximum absolute atomic E-state index is 2.70. The van der Waals surface area contributed by atoms with Crippen molar-refractivity contribution in [2.75, 3.05) is 13.1 Å². The molecule has 0 aromatic carbocycles. The highest BCUT2D eigenvalue weighted by Gasteiger charge is 2.52. The van der Waals surface area contributed by atoms with Gasteiger partial charge in [0.05, 0.1) is 0 Å². The second-order valence-electron chi connectivity index (χ2n) is 4.89. The van der Waals surface area contributed by atoms with Crippen LogP contribution in [0, 0.1) is 17.8 Å². The number of rotatable bonds is 2. The van der Waals surface area contributed by atoms with Gasteiger partial charge in [-0.25, -0.2) is 0 Å². The van der Waals surface area contributed by atoms with Crippen molar-refractivity contribution in [2.45, 2.75) is 38.6 Å². The molecule has 1 aliphatic heterocycles. The number of nitrogens with zero attached hydrogens (tertiary/aromatic N) is 1. The van der Waals surface area contributed by atoms with Gasteiger partial charge >= 0.3 is 0 Å². The van der Waals surface area contributed by atoms with Gasteiger partial charge in [0.15, 0.2) is 0 Å². The lowest BCUT2D eigenvalue weighted by Crippen LogP contribution is -2.46. The van der Waals surface area contributed by atoms with Crippen LogP contribution in [0.3, 0.4) is 0 Å². The zero-order chi connectivity index (χ0) is 8.13. The first-order valence-electron chi connectivity index (χ1n) is 5.64. The van der Waals surface area contributed by atoms with E-state index < -0.39 is 0 Å². The van der Waals surface area contributed by atoms with E-state index in [0.29, 0.717) is 0 Å². The molecule has 0 spiro atoms. The summed E-state index contributed by atoms with van der Waals surface area (Å²) in [5.74, 6) is 3.45. The van der Waals surface area contributed by atoms with E-state index in [1.54, 1.807) is 19.3 Å². The van der Waals surface area contributed by atoms with E-state index in [1.807, 2.05) is 0 Å². The number of hydrogen-bond acceptors (Lipinski definition) is 1. The largest absolute Gasteiger partial charge is 0.300 e. The highest BCUT2D eigenvalue weighted by molar-refractivity contribution is 5.04. The van der Waals surface area contributed by atoms with E-state index in [0.717, 1.165) is 17.9 Å². The standard InChI is InChI=1S/C11H19N/c1-2-12-6-5-9-10(7-11(9)12)8-3-4-8/h8-11H,2-7H2,1H3. The van der Waals surface area contributed by atoms with Crippen LogP contribution in [0.5, 0.6) is 0 Å². The SMILES string of the molecule is CCN1CCC2C(C3CC3)CC21. The third-order valence-corrected chi connectivity index (χ3v) is 4.41. The van der Waals surface area contributed by atoms with Gasteiger partial charge in [-0.1, -0.05) is 6.92 Å². The molecule has 0 N–H and O–H groups in total. The fourth-order valence-electron chi connectivity index (χ4n) is 3.48. The second kappa shape index (κ2) is 2.47. The van der Waals surface area contributed by atoms with Crippen molar-refractivity contribution >= 4 is 0 Å². The Morgan fingerprint density at radius 1 is 1.17 bits per heavy atom. The minimum Gasteiger partial charge on any atom is -0.300 e. The molecule has 1 heteroatoms. The minimum atomic E-state index is 1.01. The van der Waals surface area contributed by atoms with Crippen molar-refractivity contribution in [2.24, 2.45) is 17.8 Å². The fourth-order valence-corrected chi connectivity index (χ4v) is 3.48.